The zero-order valence-corrected chi connectivity index (χ0v) is 14.2. The van der Waals surface area contributed by atoms with Gasteiger partial charge in [0.05, 0.1) is 12.8 Å². The summed E-state index contributed by atoms with van der Waals surface area (Å²) < 4.78 is 10.3. The largest absolute Gasteiger partial charge is 0.467 e. The van der Waals surface area contributed by atoms with E-state index < -0.39 is 0 Å². The second-order valence-corrected chi connectivity index (χ2v) is 5.93. The number of carbonyl (C=O) groups excluding carboxylic acids is 1. The lowest BCUT2D eigenvalue weighted by molar-refractivity contribution is 0.0948. The van der Waals surface area contributed by atoms with Crippen molar-refractivity contribution in [2.75, 3.05) is 5.32 Å². The number of anilines is 1. The van der Waals surface area contributed by atoms with Gasteiger partial charge < -0.3 is 19.6 Å². The van der Waals surface area contributed by atoms with Crippen LogP contribution in [0.2, 0.25) is 0 Å². The van der Waals surface area contributed by atoms with Crippen LogP contribution in [0, 0.1) is 0 Å². The molecule has 3 rings (SSSR count). The van der Waals surface area contributed by atoms with Gasteiger partial charge in [0.1, 0.15) is 5.76 Å². The minimum atomic E-state index is -0.155. The van der Waals surface area contributed by atoms with Crippen LogP contribution in [0.15, 0.2) is 51.6 Å². The fraction of sp³-hybridized carbons (Fsp3) is 0.278. The van der Waals surface area contributed by atoms with E-state index in [9.17, 15) is 4.79 Å². The van der Waals surface area contributed by atoms with Crippen LogP contribution in [-0.2, 0) is 13.1 Å². The van der Waals surface area contributed by atoms with Crippen molar-refractivity contribution in [3.63, 3.8) is 0 Å². The molecule has 0 saturated heterocycles. The zero-order chi connectivity index (χ0) is 17.6. The van der Waals surface area contributed by atoms with E-state index in [1.54, 1.807) is 18.4 Å². The van der Waals surface area contributed by atoms with Gasteiger partial charge in [-0.3, -0.25) is 4.79 Å². The molecular formula is C18H20N4O3. The smallest absolute Gasteiger partial charge is 0.321 e. The SMILES string of the molecule is CC(C)c1noc(NCc2cccc(C(=O)NCc3ccco3)c2)n1. The van der Waals surface area contributed by atoms with E-state index in [1.165, 1.54) is 0 Å². The van der Waals surface area contributed by atoms with Crippen LogP contribution >= 0.6 is 0 Å². The molecule has 0 atom stereocenters. The molecule has 0 spiro atoms. The van der Waals surface area contributed by atoms with Crippen molar-refractivity contribution >= 4 is 11.9 Å². The molecule has 2 N–H and O–H groups in total. The van der Waals surface area contributed by atoms with Crippen molar-refractivity contribution in [2.24, 2.45) is 0 Å². The summed E-state index contributed by atoms with van der Waals surface area (Å²) in [5.41, 5.74) is 1.52. The number of amides is 1. The highest BCUT2D eigenvalue weighted by Gasteiger charge is 2.10. The summed E-state index contributed by atoms with van der Waals surface area (Å²) in [6, 6.07) is 11.3. The van der Waals surface area contributed by atoms with E-state index in [-0.39, 0.29) is 11.8 Å². The molecule has 2 heterocycles. The van der Waals surface area contributed by atoms with E-state index >= 15 is 0 Å². The van der Waals surface area contributed by atoms with E-state index in [0.717, 1.165) is 5.56 Å². The normalized spacial score (nSPS) is 10.8. The number of hydrogen-bond donors (Lipinski definition) is 2. The molecule has 0 aliphatic heterocycles. The van der Waals surface area contributed by atoms with Gasteiger partial charge in [-0.15, -0.1) is 0 Å². The lowest BCUT2D eigenvalue weighted by atomic mass is 10.1. The number of hydrogen-bond acceptors (Lipinski definition) is 6. The molecule has 3 aromatic rings. The summed E-state index contributed by atoms with van der Waals surface area (Å²) in [5.74, 6) is 1.43. The Bertz CT molecular complexity index is 824. The fourth-order valence-corrected chi connectivity index (χ4v) is 2.22. The number of aromatic nitrogens is 2. The third kappa shape index (κ3) is 4.47. The highest BCUT2D eigenvalue weighted by Crippen LogP contribution is 2.14. The van der Waals surface area contributed by atoms with Crippen LogP contribution in [0.4, 0.5) is 6.01 Å². The maximum atomic E-state index is 12.2. The number of benzene rings is 1. The maximum Gasteiger partial charge on any atom is 0.321 e. The Morgan fingerprint density at radius 1 is 1.20 bits per heavy atom. The van der Waals surface area contributed by atoms with Crippen molar-refractivity contribution in [2.45, 2.75) is 32.9 Å². The Morgan fingerprint density at radius 2 is 2.08 bits per heavy atom. The Balaban J connectivity index is 1.57. The monoisotopic (exact) mass is 340 g/mol. The van der Waals surface area contributed by atoms with Crippen LogP contribution in [0.5, 0.6) is 0 Å². The average molecular weight is 340 g/mol. The Hall–Kier alpha value is -3.09. The van der Waals surface area contributed by atoms with Crippen LogP contribution in [-0.4, -0.2) is 16.0 Å². The lowest BCUT2D eigenvalue weighted by Crippen LogP contribution is -2.22. The van der Waals surface area contributed by atoms with Crippen molar-refractivity contribution in [1.29, 1.82) is 0 Å². The summed E-state index contributed by atoms with van der Waals surface area (Å²) in [7, 11) is 0. The van der Waals surface area contributed by atoms with Gasteiger partial charge in [0.25, 0.3) is 5.91 Å². The fourth-order valence-electron chi connectivity index (χ4n) is 2.22. The molecule has 0 bridgehead atoms. The average Bonchev–Trinajstić information content (AvgIpc) is 3.30. The number of furan rings is 1. The molecule has 0 aliphatic carbocycles. The van der Waals surface area contributed by atoms with Crippen molar-refractivity contribution in [3.05, 3.63) is 65.4 Å². The molecule has 0 aliphatic rings. The van der Waals surface area contributed by atoms with Gasteiger partial charge in [-0.1, -0.05) is 31.1 Å². The van der Waals surface area contributed by atoms with Crippen LogP contribution in [0.3, 0.4) is 0 Å². The van der Waals surface area contributed by atoms with E-state index in [0.29, 0.717) is 36.3 Å². The predicted molar refractivity (Wildman–Crippen MR) is 92.0 cm³/mol. The molecule has 1 amide bonds. The third-order valence-corrected chi connectivity index (χ3v) is 3.59. The molecule has 130 valence electrons. The molecule has 7 heteroatoms. The first kappa shape index (κ1) is 16.8. The van der Waals surface area contributed by atoms with Gasteiger partial charge in [0.2, 0.25) is 0 Å². The third-order valence-electron chi connectivity index (χ3n) is 3.59. The second kappa shape index (κ2) is 7.65. The number of nitrogens with zero attached hydrogens (tertiary/aromatic N) is 2. The van der Waals surface area contributed by atoms with Crippen molar-refractivity contribution in [1.82, 2.24) is 15.5 Å². The molecular weight excluding hydrogens is 320 g/mol. The van der Waals surface area contributed by atoms with Gasteiger partial charge in [0, 0.05) is 18.0 Å². The summed E-state index contributed by atoms with van der Waals surface area (Å²) in [5, 5.41) is 9.79. The van der Waals surface area contributed by atoms with Crippen molar-refractivity contribution in [3.8, 4) is 0 Å². The molecule has 2 aromatic heterocycles. The molecule has 0 radical (unpaired) electrons. The highest BCUT2D eigenvalue weighted by atomic mass is 16.5. The van der Waals surface area contributed by atoms with Crippen LogP contribution in [0.25, 0.3) is 0 Å². The Labute approximate surface area is 145 Å². The molecule has 0 saturated carbocycles. The topological polar surface area (TPSA) is 93.2 Å². The minimum Gasteiger partial charge on any atom is -0.467 e. The van der Waals surface area contributed by atoms with Gasteiger partial charge in [-0.05, 0) is 29.8 Å². The first-order valence-electron chi connectivity index (χ1n) is 8.09. The van der Waals surface area contributed by atoms with Crippen molar-refractivity contribution < 1.29 is 13.7 Å². The summed E-state index contributed by atoms with van der Waals surface area (Å²) in [6.07, 6.45) is 1.58. The number of rotatable bonds is 7. The van der Waals surface area contributed by atoms with Crippen LogP contribution in [0.1, 0.15) is 47.3 Å². The van der Waals surface area contributed by atoms with Gasteiger partial charge in [-0.25, -0.2) is 0 Å². The van der Waals surface area contributed by atoms with Gasteiger partial charge in [0.15, 0.2) is 5.82 Å². The van der Waals surface area contributed by atoms with Gasteiger partial charge >= 0.3 is 6.01 Å². The zero-order valence-electron chi connectivity index (χ0n) is 14.2. The molecule has 0 unspecified atom stereocenters. The number of nitrogens with one attached hydrogen (secondary N) is 2. The molecule has 7 nitrogen and oxygen atoms in total. The van der Waals surface area contributed by atoms with E-state index in [2.05, 4.69) is 20.8 Å². The minimum absolute atomic E-state index is 0.155. The quantitative estimate of drug-likeness (QED) is 0.685. The second-order valence-electron chi connectivity index (χ2n) is 5.93. The molecule has 0 fully saturated rings. The maximum absolute atomic E-state index is 12.2. The first-order chi connectivity index (χ1) is 12.1. The van der Waals surface area contributed by atoms with E-state index in [4.69, 9.17) is 8.94 Å². The highest BCUT2D eigenvalue weighted by molar-refractivity contribution is 5.94. The summed E-state index contributed by atoms with van der Waals surface area (Å²) in [4.78, 5) is 16.5. The Kier molecular flexibility index (Phi) is 5.13. The van der Waals surface area contributed by atoms with Crippen LogP contribution < -0.4 is 10.6 Å². The lowest BCUT2D eigenvalue weighted by Gasteiger charge is -2.06. The molecule has 25 heavy (non-hydrogen) atoms. The predicted octanol–water partition coefficient (Wildman–Crippen LogP) is 3.33. The summed E-state index contributed by atoms with van der Waals surface area (Å²) >= 11 is 0. The standard InChI is InChI=1S/C18H20N4O3/c1-12(2)16-21-18(25-22-16)20-10-13-5-3-6-14(9-13)17(23)19-11-15-7-4-8-24-15/h3-9,12H,10-11H2,1-2H3,(H,19,23)(H,20,21,22). The Morgan fingerprint density at radius 3 is 2.80 bits per heavy atom. The number of carbonyl (C=O) groups is 1. The molecule has 1 aromatic carbocycles. The first-order valence-corrected chi connectivity index (χ1v) is 8.09. The summed E-state index contributed by atoms with van der Waals surface area (Å²) in [6.45, 7) is 4.84. The van der Waals surface area contributed by atoms with Gasteiger partial charge in [-0.2, -0.15) is 4.98 Å². The van der Waals surface area contributed by atoms with E-state index in [1.807, 2.05) is 38.1 Å².